The van der Waals surface area contributed by atoms with Crippen molar-refractivity contribution in [3.63, 3.8) is 0 Å². The van der Waals surface area contributed by atoms with Crippen molar-refractivity contribution in [1.29, 1.82) is 0 Å². The lowest BCUT2D eigenvalue weighted by Gasteiger charge is -2.36. The lowest BCUT2D eigenvalue weighted by molar-refractivity contribution is 0.464. The summed E-state index contributed by atoms with van der Waals surface area (Å²) < 4.78 is 12.8. The molecule has 0 atom stereocenters. The van der Waals surface area contributed by atoms with Gasteiger partial charge in [0.2, 0.25) is 0 Å². The zero-order valence-electron chi connectivity index (χ0n) is 22.2. The second kappa shape index (κ2) is 8.64. The number of fused-ring (bicyclic) bond motifs is 6. The molecule has 3 aliphatic rings. The van der Waals surface area contributed by atoms with Crippen LogP contribution in [0.25, 0.3) is 11.1 Å². The van der Waals surface area contributed by atoms with Gasteiger partial charge >= 0.3 is 0 Å². The van der Waals surface area contributed by atoms with Crippen molar-refractivity contribution in [3.05, 3.63) is 145 Å². The van der Waals surface area contributed by atoms with Crippen LogP contribution in [0.1, 0.15) is 11.1 Å². The van der Waals surface area contributed by atoms with Gasteiger partial charge in [-0.3, -0.25) is 0 Å². The van der Waals surface area contributed by atoms with E-state index in [0.717, 1.165) is 40.6 Å². The number of hydrogen-bond donors (Lipinski definition) is 0. The van der Waals surface area contributed by atoms with Crippen molar-refractivity contribution in [2.24, 2.45) is 0 Å². The summed E-state index contributed by atoms with van der Waals surface area (Å²) in [6, 6.07) is 47.3. The maximum atomic E-state index is 6.49. The number of hydrogen-bond acceptors (Lipinski definition) is 3. The molecule has 0 N–H and O–H groups in total. The molecule has 0 saturated carbocycles. The zero-order chi connectivity index (χ0) is 26.9. The summed E-state index contributed by atoms with van der Waals surface area (Å²) in [5, 5.41) is 0. The molecule has 3 heterocycles. The first-order chi connectivity index (χ1) is 20.3. The van der Waals surface area contributed by atoms with Crippen LogP contribution in [0.15, 0.2) is 133 Å². The third-order valence-electron chi connectivity index (χ3n) is 8.59. The van der Waals surface area contributed by atoms with E-state index in [2.05, 4.69) is 114 Å². The molecule has 0 saturated heterocycles. The average molecular weight is 525 g/mol. The van der Waals surface area contributed by atoms with Gasteiger partial charge in [0.15, 0.2) is 0 Å². The van der Waals surface area contributed by atoms with Crippen LogP contribution in [0.3, 0.4) is 0 Å². The van der Waals surface area contributed by atoms with Gasteiger partial charge in [-0.25, -0.2) is 0 Å². The Morgan fingerprint density at radius 3 is 2.10 bits per heavy atom. The van der Waals surface area contributed by atoms with Gasteiger partial charge in [0.25, 0.3) is 6.71 Å². The van der Waals surface area contributed by atoms with E-state index in [-0.39, 0.29) is 6.71 Å². The normalized spacial score (nSPS) is 13.6. The Balaban J connectivity index is 1.26. The molecule has 41 heavy (non-hydrogen) atoms. The number of para-hydroxylation sites is 4. The van der Waals surface area contributed by atoms with E-state index in [0.29, 0.717) is 0 Å². The van der Waals surface area contributed by atoms with E-state index >= 15 is 0 Å². The second-order valence-corrected chi connectivity index (χ2v) is 10.9. The quantitative estimate of drug-likeness (QED) is 0.219. The average Bonchev–Trinajstić information content (AvgIpc) is 3.03. The van der Waals surface area contributed by atoms with Crippen molar-refractivity contribution < 1.29 is 9.47 Å². The Hall–Kier alpha value is -5.22. The lowest BCUT2D eigenvalue weighted by atomic mass is 9.35. The highest BCUT2D eigenvalue weighted by Crippen LogP contribution is 2.48. The van der Waals surface area contributed by atoms with Gasteiger partial charge in [-0.1, -0.05) is 91.0 Å². The molecule has 0 fully saturated rings. The Morgan fingerprint density at radius 1 is 0.537 bits per heavy atom. The van der Waals surface area contributed by atoms with Crippen molar-refractivity contribution in [1.82, 2.24) is 0 Å². The van der Waals surface area contributed by atoms with Gasteiger partial charge < -0.3 is 14.4 Å². The van der Waals surface area contributed by atoms with E-state index in [1.54, 1.807) is 0 Å². The maximum Gasteiger partial charge on any atom is 0.260 e. The second-order valence-electron chi connectivity index (χ2n) is 10.9. The molecular formula is C37H24BNO2. The largest absolute Gasteiger partial charge is 0.458 e. The molecule has 0 unspecified atom stereocenters. The van der Waals surface area contributed by atoms with Crippen molar-refractivity contribution in [2.45, 2.75) is 6.42 Å². The fraction of sp³-hybridized carbons (Fsp3) is 0.0270. The third-order valence-corrected chi connectivity index (χ3v) is 8.59. The summed E-state index contributed by atoms with van der Waals surface area (Å²) in [6.07, 6.45) is 0.904. The Morgan fingerprint density at radius 2 is 1.22 bits per heavy atom. The minimum Gasteiger partial charge on any atom is -0.458 e. The predicted octanol–water partition coefficient (Wildman–Crippen LogP) is 7.46. The first kappa shape index (κ1) is 22.6. The van der Waals surface area contributed by atoms with Gasteiger partial charge in [-0.15, -0.1) is 0 Å². The van der Waals surface area contributed by atoms with Crippen LogP contribution in [-0.2, 0) is 6.42 Å². The molecule has 4 heteroatoms. The summed E-state index contributed by atoms with van der Waals surface area (Å²) in [4.78, 5) is 2.43. The predicted molar refractivity (Wildman–Crippen MR) is 167 cm³/mol. The fourth-order valence-electron chi connectivity index (χ4n) is 6.83. The molecule has 6 aromatic carbocycles. The van der Waals surface area contributed by atoms with Crippen molar-refractivity contribution >= 4 is 40.2 Å². The van der Waals surface area contributed by atoms with E-state index in [4.69, 9.17) is 9.47 Å². The van der Waals surface area contributed by atoms with Crippen LogP contribution >= 0.6 is 0 Å². The van der Waals surface area contributed by atoms with Gasteiger partial charge in [0.05, 0.1) is 5.69 Å². The summed E-state index contributed by atoms with van der Waals surface area (Å²) in [7, 11) is 0. The number of ether oxygens (including phenoxy) is 2. The first-order valence-corrected chi connectivity index (χ1v) is 14.1. The Labute approximate surface area is 239 Å². The topological polar surface area (TPSA) is 21.7 Å². The van der Waals surface area contributed by atoms with Gasteiger partial charge in [0.1, 0.15) is 23.0 Å². The van der Waals surface area contributed by atoms with E-state index in [1.807, 2.05) is 24.3 Å². The fourth-order valence-corrected chi connectivity index (χ4v) is 6.83. The summed E-state index contributed by atoms with van der Waals surface area (Å²) in [5.74, 6) is 3.54. The Bertz CT molecular complexity index is 1990. The van der Waals surface area contributed by atoms with Crippen LogP contribution in [0.5, 0.6) is 23.0 Å². The zero-order valence-corrected chi connectivity index (χ0v) is 22.2. The lowest BCUT2D eigenvalue weighted by Crippen LogP contribution is -2.57. The molecule has 192 valence electrons. The number of rotatable bonds is 2. The minimum atomic E-state index is 0.0420. The number of nitrogens with zero attached hydrogens (tertiary/aromatic N) is 1. The maximum absolute atomic E-state index is 6.49. The number of benzene rings is 6. The molecule has 0 radical (unpaired) electrons. The number of anilines is 3. The smallest absolute Gasteiger partial charge is 0.260 e. The summed E-state index contributed by atoms with van der Waals surface area (Å²) in [5.41, 5.74) is 12.1. The summed E-state index contributed by atoms with van der Waals surface area (Å²) in [6.45, 7) is 0.0420. The molecule has 6 aromatic rings. The van der Waals surface area contributed by atoms with E-state index in [1.165, 1.54) is 44.6 Å². The van der Waals surface area contributed by atoms with Crippen LogP contribution in [0.4, 0.5) is 17.1 Å². The summed E-state index contributed by atoms with van der Waals surface area (Å²) >= 11 is 0. The SMILES string of the molecule is c1ccc(N2c3ccccc3Cc3cccc(-c4ccc5c(c4)B4c6ccccc6Oc6cccc(c64)O5)c32)cc1. The van der Waals surface area contributed by atoms with Gasteiger partial charge in [0, 0.05) is 28.8 Å². The third kappa shape index (κ3) is 3.34. The van der Waals surface area contributed by atoms with Gasteiger partial charge in [-0.2, -0.15) is 0 Å². The molecule has 0 spiro atoms. The van der Waals surface area contributed by atoms with Crippen LogP contribution in [0, 0.1) is 0 Å². The highest BCUT2D eigenvalue weighted by atomic mass is 16.5. The van der Waals surface area contributed by atoms with Crippen molar-refractivity contribution in [3.8, 4) is 34.1 Å². The highest BCUT2D eigenvalue weighted by Gasteiger charge is 2.40. The van der Waals surface area contributed by atoms with Crippen LogP contribution in [-0.4, -0.2) is 6.71 Å². The first-order valence-electron chi connectivity index (χ1n) is 14.1. The molecule has 0 aliphatic carbocycles. The molecule has 0 aromatic heterocycles. The highest BCUT2D eigenvalue weighted by molar-refractivity contribution is 6.98. The van der Waals surface area contributed by atoms with Crippen LogP contribution in [0.2, 0.25) is 0 Å². The van der Waals surface area contributed by atoms with Gasteiger partial charge in [-0.05, 0) is 70.1 Å². The minimum absolute atomic E-state index is 0.0420. The molecule has 0 bridgehead atoms. The standard InChI is InChI=1S/C37H24BNO2/c1-2-12-27(13-3-1)39-31-16-6-4-10-25(31)22-26-11-8-14-28(37(26)39)24-20-21-33-30(23-24)38-29-15-5-7-17-32(29)40-34-18-9-19-35(41-33)36(34)38/h1-21,23H,22H2. The van der Waals surface area contributed by atoms with E-state index < -0.39 is 0 Å². The Kier molecular flexibility index (Phi) is 4.76. The molecular weight excluding hydrogens is 501 g/mol. The molecule has 3 aliphatic heterocycles. The monoisotopic (exact) mass is 525 g/mol. The van der Waals surface area contributed by atoms with Crippen molar-refractivity contribution in [2.75, 3.05) is 4.90 Å². The molecule has 0 amide bonds. The van der Waals surface area contributed by atoms with E-state index in [9.17, 15) is 0 Å². The molecule has 9 rings (SSSR count). The van der Waals surface area contributed by atoms with Crippen LogP contribution < -0.4 is 30.8 Å². The molecule has 3 nitrogen and oxygen atoms in total.